The smallest absolute Gasteiger partial charge is 0.229 e. The van der Waals surface area contributed by atoms with Crippen LogP contribution in [0.15, 0.2) is 72.8 Å². The van der Waals surface area contributed by atoms with Crippen molar-refractivity contribution in [1.29, 1.82) is 0 Å². The van der Waals surface area contributed by atoms with Crippen LogP contribution in [0.3, 0.4) is 0 Å². The number of halogens is 1. The van der Waals surface area contributed by atoms with E-state index in [1.165, 1.54) is 5.56 Å². The molecule has 1 saturated carbocycles. The molecule has 1 amide bonds. The lowest BCUT2D eigenvalue weighted by atomic mass is 9.70. The molecule has 1 aliphatic rings. The third-order valence-corrected chi connectivity index (χ3v) is 6.25. The Labute approximate surface area is 180 Å². The van der Waals surface area contributed by atoms with E-state index in [4.69, 9.17) is 11.6 Å². The quantitative estimate of drug-likeness (QED) is 0.416. The normalized spacial score (nSPS) is 18.2. The highest BCUT2D eigenvalue weighted by Gasteiger charge is 2.33. The van der Waals surface area contributed by atoms with E-state index in [-0.39, 0.29) is 5.91 Å². The van der Waals surface area contributed by atoms with E-state index in [0.717, 1.165) is 39.9 Å². The SMILES string of the molecule is O=C(Cc1cccc2ccccc12)Nc1cc([C@H]2C[C@@H](c3ccc(Cl)cc3)C2)n[nH]1. The van der Waals surface area contributed by atoms with Crippen LogP contribution < -0.4 is 5.32 Å². The Bertz CT molecular complexity index is 1190. The summed E-state index contributed by atoms with van der Waals surface area (Å²) in [4.78, 5) is 12.6. The fourth-order valence-electron chi connectivity index (χ4n) is 4.29. The van der Waals surface area contributed by atoms with Gasteiger partial charge in [-0.1, -0.05) is 66.2 Å². The molecular weight excluding hydrogens is 394 g/mol. The van der Waals surface area contributed by atoms with E-state index in [9.17, 15) is 4.79 Å². The Balaban J connectivity index is 1.20. The lowest BCUT2D eigenvalue weighted by Crippen LogP contribution is -2.20. The van der Waals surface area contributed by atoms with Gasteiger partial charge < -0.3 is 5.32 Å². The van der Waals surface area contributed by atoms with E-state index in [0.29, 0.717) is 24.1 Å². The molecule has 0 atom stereocenters. The standard InChI is InChI=1S/C25H22ClN3O/c26-21-10-8-16(9-11-21)19-12-20(13-19)23-15-24(29-28-23)27-25(30)14-18-6-3-5-17-4-1-2-7-22(17)18/h1-11,15,19-20H,12-14H2,(H2,27,28,29,30)/t19-,20+. The first kappa shape index (κ1) is 18.9. The fraction of sp³-hybridized carbons (Fsp3) is 0.200. The number of amides is 1. The summed E-state index contributed by atoms with van der Waals surface area (Å²) in [5.41, 5.74) is 3.37. The van der Waals surface area contributed by atoms with Crippen LogP contribution in [0.4, 0.5) is 5.82 Å². The summed E-state index contributed by atoms with van der Waals surface area (Å²) >= 11 is 5.98. The highest BCUT2D eigenvalue weighted by molar-refractivity contribution is 6.30. The van der Waals surface area contributed by atoms with Gasteiger partial charge in [-0.2, -0.15) is 5.10 Å². The predicted molar refractivity (Wildman–Crippen MR) is 121 cm³/mol. The number of carbonyl (C=O) groups excluding carboxylic acids is 1. The topological polar surface area (TPSA) is 57.8 Å². The minimum atomic E-state index is -0.0470. The highest BCUT2D eigenvalue weighted by Crippen LogP contribution is 2.47. The Morgan fingerprint density at radius 2 is 1.77 bits per heavy atom. The van der Waals surface area contributed by atoms with Gasteiger partial charge in [0.15, 0.2) is 0 Å². The molecule has 0 unspecified atom stereocenters. The monoisotopic (exact) mass is 415 g/mol. The van der Waals surface area contributed by atoms with Crippen LogP contribution in [0.1, 0.15) is 41.5 Å². The molecule has 4 nitrogen and oxygen atoms in total. The van der Waals surface area contributed by atoms with Crippen molar-refractivity contribution in [3.63, 3.8) is 0 Å². The Kier molecular flexibility index (Phi) is 5.01. The maximum atomic E-state index is 12.6. The van der Waals surface area contributed by atoms with Crippen molar-refractivity contribution < 1.29 is 4.79 Å². The zero-order chi connectivity index (χ0) is 20.5. The molecule has 5 rings (SSSR count). The van der Waals surface area contributed by atoms with Gasteiger partial charge >= 0.3 is 0 Å². The lowest BCUT2D eigenvalue weighted by Gasteiger charge is -2.34. The van der Waals surface area contributed by atoms with Crippen molar-refractivity contribution in [2.24, 2.45) is 0 Å². The minimum absolute atomic E-state index is 0.0470. The van der Waals surface area contributed by atoms with Gasteiger partial charge in [0, 0.05) is 17.0 Å². The number of rotatable bonds is 5. The second-order valence-electron chi connectivity index (χ2n) is 7.99. The van der Waals surface area contributed by atoms with Crippen molar-refractivity contribution in [2.45, 2.75) is 31.1 Å². The number of aromatic amines is 1. The number of aromatic nitrogens is 2. The van der Waals surface area contributed by atoms with Gasteiger partial charge in [-0.3, -0.25) is 9.89 Å². The number of carbonyl (C=O) groups is 1. The van der Waals surface area contributed by atoms with E-state index < -0.39 is 0 Å². The fourth-order valence-corrected chi connectivity index (χ4v) is 4.42. The van der Waals surface area contributed by atoms with Gasteiger partial charge in [-0.05, 0) is 52.8 Å². The second-order valence-corrected chi connectivity index (χ2v) is 8.42. The highest BCUT2D eigenvalue weighted by atomic mass is 35.5. The molecule has 1 aliphatic carbocycles. The lowest BCUT2D eigenvalue weighted by molar-refractivity contribution is -0.115. The molecule has 4 aromatic rings. The molecule has 30 heavy (non-hydrogen) atoms. The van der Waals surface area contributed by atoms with Crippen molar-refractivity contribution in [1.82, 2.24) is 10.2 Å². The molecule has 0 saturated heterocycles. The first-order valence-electron chi connectivity index (χ1n) is 10.2. The van der Waals surface area contributed by atoms with Gasteiger partial charge in [0.2, 0.25) is 5.91 Å². The molecule has 0 radical (unpaired) electrons. The van der Waals surface area contributed by atoms with Gasteiger partial charge in [-0.15, -0.1) is 0 Å². The molecule has 1 fully saturated rings. The van der Waals surface area contributed by atoms with Crippen LogP contribution in [0.5, 0.6) is 0 Å². The summed E-state index contributed by atoms with van der Waals surface area (Å²) in [6, 6.07) is 24.3. The van der Waals surface area contributed by atoms with E-state index in [1.54, 1.807) is 0 Å². The van der Waals surface area contributed by atoms with Gasteiger partial charge in [0.1, 0.15) is 5.82 Å². The molecule has 1 aromatic heterocycles. The van der Waals surface area contributed by atoms with Crippen LogP contribution in [-0.4, -0.2) is 16.1 Å². The molecule has 0 spiro atoms. The molecule has 0 bridgehead atoms. The predicted octanol–water partition coefficient (Wildman–Crippen LogP) is 6.06. The summed E-state index contributed by atoms with van der Waals surface area (Å²) in [6.07, 6.45) is 2.46. The molecule has 1 heterocycles. The number of hydrogen-bond donors (Lipinski definition) is 2. The maximum Gasteiger partial charge on any atom is 0.229 e. The number of nitrogens with zero attached hydrogens (tertiary/aromatic N) is 1. The number of nitrogens with one attached hydrogen (secondary N) is 2. The van der Waals surface area contributed by atoms with E-state index in [1.807, 2.05) is 42.5 Å². The summed E-state index contributed by atoms with van der Waals surface area (Å²) in [5, 5.41) is 13.4. The van der Waals surface area contributed by atoms with Crippen molar-refractivity contribution in [3.05, 3.63) is 94.6 Å². The van der Waals surface area contributed by atoms with E-state index in [2.05, 4.69) is 45.8 Å². The summed E-state index contributed by atoms with van der Waals surface area (Å²) in [6.45, 7) is 0. The molecule has 150 valence electrons. The third kappa shape index (κ3) is 3.83. The summed E-state index contributed by atoms with van der Waals surface area (Å²) in [7, 11) is 0. The van der Waals surface area contributed by atoms with Crippen molar-refractivity contribution >= 4 is 34.1 Å². The second kappa shape index (κ2) is 7.96. The van der Waals surface area contributed by atoms with Crippen LogP contribution >= 0.6 is 11.6 Å². The van der Waals surface area contributed by atoms with Crippen LogP contribution in [0.25, 0.3) is 10.8 Å². The average Bonchev–Trinajstić information content (AvgIpc) is 3.16. The van der Waals surface area contributed by atoms with Crippen molar-refractivity contribution in [2.75, 3.05) is 5.32 Å². The van der Waals surface area contributed by atoms with Gasteiger partial charge in [0.05, 0.1) is 12.1 Å². The molecule has 2 N–H and O–H groups in total. The Hall–Kier alpha value is -3.11. The zero-order valence-electron chi connectivity index (χ0n) is 16.4. The number of anilines is 1. The number of fused-ring (bicyclic) bond motifs is 1. The van der Waals surface area contributed by atoms with Gasteiger partial charge in [0.25, 0.3) is 0 Å². The third-order valence-electron chi connectivity index (χ3n) is 6.00. The molecule has 3 aromatic carbocycles. The van der Waals surface area contributed by atoms with Crippen LogP contribution in [-0.2, 0) is 11.2 Å². The van der Waals surface area contributed by atoms with Gasteiger partial charge in [-0.25, -0.2) is 0 Å². The Morgan fingerprint density at radius 1 is 1.00 bits per heavy atom. The number of hydrogen-bond acceptors (Lipinski definition) is 2. The first-order chi connectivity index (χ1) is 14.7. The van der Waals surface area contributed by atoms with E-state index >= 15 is 0 Å². The summed E-state index contributed by atoms with van der Waals surface area (Å²) in [5.74, 6) is 1.58. The largest absolute Gasteiger partial charge is 0.311 e. The van der Waals surface area contributed by atoms with Crippen molar-refractivity contribution in [3.8, 4) is 0 Å². The molecule has 0 aliphatic heterocycles. The minimum Gasteiger partial charge on any atom is -0.311 e. The number of H-pyrrole nitrogens is 1. The first-order valence-corrected chi connectivity index (χ1v) is 10.6. The maximum absolute atomic E-state index is 12.6. The molecular formula is C25H22ClN3O. The summed E-state index contributed by atoms with van der Waals surface area (Å²) < 4.78 is 0. The molecule has 5 heteroatoms. The van der Waals surface area contributed by atoms with Crippen LogP contribution in [0.2, 0.25) is 5.02 Å². The number of benzene rings is 3. The average molecular weight is 416 g/mol. The zero-order valence-corrected chi connectivity index (χ0v) is 17.2. The van der Waals surface area contributed by atoms with Crippen LogP contribution in [0, 0.1) is 0 Å². The Morgan fingerprint density at radius 3 is 2.60 bits per heavy atom.